The number of carbonyl (C=O) groups excluding carboxylic acids is 2. The second-order valence-corrected chi connectivity index (χ2v) is 6.04. The maximum absolute atomic E-state index is 13.7. The predicted octanol–water partition coefficient (Wildman–Crippen LogP) is 2.66. The fourth-order valence-corrected chi connectivity index (χ4v) is 2.85. The minimum atomic E-state index is -0.624. The van der Waals surface area contributed by atoms with Gasteiger partial charge in [-0.05, 0) is 24.5 Å². The van der Waals surface area contributed by atoms with Gasteiger partial charge in [0.05, 0.1) is 13.0 Å². The van der Waals surface area contributed by atoms with Crippen LogP contribution in [0.3, 0.4) is 0 Å². The summed E-state index contributed by atoms with van der Waals surface area (Å²) in [5.41, 5.74) is 0.362. The molecule has 1 N–H and O–H groups in total. The van der Waals surface area contributed by atoms with Crippen molar-refractivity contribution in [1.82, 2.24) is 10.2 Å². The first kappa shape index (κ1) is 18.2. The molecule has 132 valence electrons. The molecule has 0 bridgehead atoms. The van der Waals surface area contributed by atoms with Crippen LogP contribution in [-0.4, -0.2) is 43.6 Å². The molecular formula is C17H22F2N2O3. The third kappa shape index (κ3) is 4.43. The zero-order chi connectivity index (χ0) is 17.7. The van der Waals surface area contributed by atoms with E-state index in [0.717, 1.165) is 6.07 Å². The number of ether oxygens (including phenoxy) is 1. The number of halogens is 2. The monoisotopic (exact) mass is 340 g/mol. The molecule has 0 aromatic heterocycles. The van der Waals surface area contributed by atoms with Gasteiger partial charge in [0, 0.05) is 31.6 Å². The zero-order valence-corrected chi connectivity index (χ0v) is 13.9. The number of hydrogen-bond donors (Lipinski definition) is 1. The van der Waals surface area contributed by atoms with Crippen molar-refractivity contribution in [2.24, 2.45) is 5.92 Å². The minimum absolute atomic E-state index is 0.161. The normalized spacial score (nSPS) is 16.6. The molecule has 1 aromatic carbocycles. The number of urea groups is 1. The van der Waals surface area contributed by atoms with Gasteiger partial charge in [-0.2, -0.15) is 0 Å². The van der Waals surface area contributed by atoms with Crippen LogP contribution >= 0.6 is 0 Å². The van der Waals surface area contributed by atoms with E-state index in [2.05, 4.69) is 5.32 Å². The molecule has 1 aromatic rings. The zero-order valence-electron chi connectivity index (χ0n) is 13.9. The van der Waals surface area contributed by atoms with Gasteiger partial charge in [0.1, 0.15) is 11.6 Å². The van der Waals surface area contributed by atoms with Crippen molar-refractivity contribution in [2.75, 3.05) is 26.7 Å². The van der Waals surface area contributed by atoms with Crippen LogP contribution in [0.1, 0.15) is 31.2 Å². The summed E-state index contributed by atoms with van der Waals surface area (Å²) in [5, 5.41) is 2.76. The van der Waals surface area contributed by atoms with E-state index >= 15 is 0 Å². The Balaban J connectivity index is 1.82. The number of piperidine rings is 1. The van der Waals surface area contributed by atoms with E-state index in [-0.39, 0.29) is 30.4 Å². The molecule has 1 aliphatic heterocycles. The molecule has 2 amide bonds. The van der Waals surface area contributed by atoms with Crippen molar-refractivity contribution in [3.8, 4) is 0 Å². The van der Waals surface area contributed by atoms with Crippen molar-refractivity contribution in [3.63, 3.8) is 0 Å². The molecule has 1 saturated heterocycles. The van der Waals surface area contributed by atoms with Gasteiger partial charge in [-0.15, -0.1) is 0 Å². The maximum Gasteiger partial charge on any atom is 0.317 e. The van der Waals surface area contributed by atoms with E-state index in [1.807, 2.05) is 0 Å². The number of likely N-dealkylation sites (tertiary alicyclic amines) is 1. The smallest absolute Gasteiger partial charge is 0.317 e. The lowest BCUT2D eigenvalue weighted by Gasteiger charge is -2.31. The molecule has 1 aliphatic rings. The lowest BCUT2D eigenvalue weighted by Crippen LogP contribution is -2.46. The van der Waals surface area contributed by atoms with Gasteiger partial charge in [-0.1, -0.05) is 13.0 Å². The molecule has 1 heterocycles. The number of nitrogens with zero attached hydrogens (tertiary/aromatic N) is 1. The van der Waals surface area contributed by atoms with Crippen molar-refractivity contribution >= 4 is 12.0 Å². The van der Waals surface area contributed by atoms with Gasteiger partial charge in [0.25, 0.3) is 0 Å². The molecule has 0 spiro atoms. The summed E-state index contributed by atoms with van der Waals surface area (Å²) in [7, 11) is 1.36. The molecule has 0 aliphatic carbocycles. The molecule has 5 nitrogen and oxygen atoms in total. The fraction of sp³-hybridized carbons (Fsp3) is 0.529. The average molecular weight is 340 g/mol. The van der Waals surface area contributed by atoms with Crippen LogP contribution in [-0.2, 0) is 9.53 Å². The van der Waals surface area contributed by atoms with Gasteiger partial charge in [-0.25, -0.2) is 13.6 Å². The third-order valence-electron chi connectivity index (χ3n) is 4.37. The largest absolute Gasteiger partial charge is 0.469 e. The summed E-state index contributed by atoms with van der Waals surface area (Å²) < 4.78 is 31.4. The number of benzene rings is 1. The van der Waals surface area contributed by atoms with E-state index in [1.165, 1.54) is 19.2 Å². The number of esters is 1. The number of nitrogens with one attached hydrogen (secondary N) is 1. The topological polar surface area (TPSA) is 58.6 Å². The lowest BCUT2D eigenvalue weighted by atomic mass is 9.97. The Morgan fingerprint density at radius 2 is 2.00 bits per heavy atom. The van der Waals surface area contributed by atoms with Crippen LogP contribution in [0.15, 0.2) is 18.2 Å². The Hall–Kier alpha value is -2.18. The molecule has 2 rings (SSSR count). The summed E-state index contributed by atoms with van der Waals surface area (Å²) in [6.07, 6.45) is 1.14. The van der Waals surface area contributed by atoms with Crippen molar-refractivity contribution in [3.05, 3.63) is 35.4 Å². The molecule has 1 fully saturated rings. The van der Waals surface area contributed by atoms with Crippen LogP contribution in [0.4, 0.5) is 13.6 Å². The van der Waals surface area contributed by atoms with Crippen molar-refractivity contribution in [1.29, 1.82) is 0 Å². The van der Waals surface area contributed by atoms with Crippen LogP contribution in [0.25, 0.3) is 0 Å². The fourth-order valence-electron chi connectivity index (χ4n) is 2.85. The van der Waals surface area contributed by atoms with Crippen LogP contribution in [0.5, 0.6) is 0 Å². The molecule has 24 heavy (non-hydrogen) atoms. The average Bonchev–Trinajstić information content (AvgIpc) is 2.58. The highest BCUT2D eigenvalue weighted by atomic mass is 19.1. The Labute approximate surface area is 140 Å². The van der Waals surface area contributed by atoms with Crippen LogP contribution < -0.4 is 5.32 Å². The summed E-state index contributed by atoms with van der Waals surface area (Å²) in [5.74, 6) is -1.92. The number of hydrogen-bond acceptors (Lipinski definition) is 3. The Bertz CT molecular complexity index is 601. The first-order valence-electron chi connectivity index (χ1n) is 7.98. The number of rotatable bonds is 4. The highest BCUT2D eigenvalue weighted by molar-refractivity contribution is 5.76. The summed E-state index contributed by atoms with van der Waals surface area (Å²) in [6.45, 7) is 2.97. The van der Waals surface area contributed by atoms with Crippen LogP contribution in [0.2, 0.25) is 0 Å². The first-order chi connectivity index (χ1) is 11.4. The number of methoxy groups -OCH3 is 1. The van der Waals surface area contributed by atoms with E-state index in [9.17, 15) is 18.4 Å². The lowest BCUT2D eigenvalue weighted by molar-refractivity contribution is -0.146. The maximum atomic E-state index is 13.7. The number of carbonyl (C=O) groups is 2. The molecule has 1 atom stereocenters. The predicted molar refractivity (Wildman–Crippen MR) is 84.5 cm³/mol. The minimum Gasteiger partial charge on any atom is -0.469 e. The van der Waals surface area contributed by atoms with E-state index in [4.69, 9.17) is 4.74 Å². The van der Waals surface area contributed by atoms with Gasteiger partial charge in [0.2, 0.25) is 0 Å². The summed E-state index contributed by atoms with van der Waals surface area (Å²) in [6, 6.07) is 3.19. The van der Waals surface area contributed by atoms with Crippen molar-refractivity contribution in [2.45, 2.75) is 25.7 Å². The molecule has 7 heteroatoms. The standard InChI is InChI=1S/C17H22F2N2O3/c1-11(14-4-3-13(18)9-15(14)19)10-20-17(23)21-7-5-12(6-8-21)16(22)24-2/h3-4,9,11-12H,5-8,10H2,1-2H3,(H,20,23)/t11-/m1/s1. The van der Waals surface area contributed by atoms with Gasteiger partial charge in [-0.3, -0.25) is 4.79 Å². The van der Waals surface area contributed by atoms with E-state index in [0.29, 0.717) is 31.5 Å². The second kappa shape index (κ2) is 8.08. The van der Waals surface area contributed by atoms with Crippen molar-refractivity contribution < 1.29 is 23.1 Å². The van der Waals surface area contributed by atoms with E-state index in [1.54, 1.807) is 11.8 Å². The number of amides is 2. The van der Waals surface area contributed by atoms with Gasteiger partial charge in [0.15, 0.2) is 0 Å². The Morgan fingerprint density at radius 1 is 1.33 bits per heavy atom. The Morgan fingerprint density at radius 3 is 2.58 bits per heavy atom. The second-order valence-electron chi connectivity index (χ2n) is 6.04. The SMILES string of the molecule is COC(=O)C1CCN(C(=O)NC[C@@H](C)c2ccc(F)cc2F)CC1. The highest BCUT2D eigenvalue weighted by Gasteiger charge is 2.28. The molecule has 0 radical (unpaired) electrons. The van der Waals surface area contributed by atoms with Gasteiger partial charge >= 0.3 is 12.0 Å². The molecule has 0 unspecified atom stereocenters. The van der Waals surface area contributed by atoms with Crippen LogP contribution in [0, 0.1) is 17.6 Å². The first-order valence-corrected chi connectivity index (χ1v) is 7.98. The quantitative estimate of drug-likeness (QED) is 0.858. The molecule has 0 saturated carbocycles. The Kier molecular flexibility index (Phi) is 6.11. The highest BCUT2D eigenvalue weighted by Crippen LogP contribution is 2.20. The summed E-state index contributed by atoms with van der Waals surface area (Å²) in [4.78, 5) is 25.3. The molecular weight excluding hydrogens is 318 g/mol. The van der Waals surface area contributed by atoms with E-state index < -0.39 is 11.6 Å². The van der Waals surface area contributed by atoms with Gasteiger partial charge < -0.3 is 15.0 Å². The summed E-state index contributed by atoms with van der Waals surface area (Å²) >= 11 is 0. The third-order valence-corrected chi connectivity index (χ3v) is 4.37.